The van der Waals surface area contributed by atoms with E-state index in [0.29, 0.717) is 24.4 Å². The Labute approximate surface area is 151 Å². The summed E-state index contributed by atoms with van der Waals surface area (Å²) in [6.45, 7) is 2.91. The minimum absolute atomic E-state index is 0.00963. The predicted octanol–water partition coefficient (Wildman–Crippen LogP) is 2.09. The fourth-order valence-corrected chi connectivity index (χ4v) is 3.36. The van der Waals surface area contributed by atoms with Crippen molar-refractivity contribution in [3.63, 3.8) is 0 Å². The third kappa shape index (κ3) is 2.96. The van der Waals surface area contributed by atoms with E-state index < -0.39 is 0 Å². The Bertz CT molecular complexity index is 923. The third-order valence-electron chi connectivity index (χ3n) is 4.70. The Morgan fingerprint density at radius 3 is 2.73 bits per heavy atom. The molecule has 7 nitrogen and oxygen atoms in total. The van der Waals surface area contributed by atoms with E-state index in [2.05, 4.69) is 15.1 Å². The van der Waals surface area contributed by atoms with Crippen LogP contribution in [0, 0.1) is 0 Å². The molecule has 7 heteroatoms. The molecule has 0 aliphatic carbocycles. The van der Waals surface area contributed by atoms with E-state index in [-0.39, 0.29) is 5.91 Å². The number of nitrogens with zero attached hydrogens (tertiary/aromatic N) is 5. The number of benzene rings is 1. The zero-order valence-electron chi connectivity index (χ0n) is 14.7. The lowest BCUT2D eigenvalue weighted by atomic mass is 10.1. The summed E-state index contributed by atoms with van der Waals surface area (Å²) in [6.07, 6.45) is 2.84. The van der Waals surface area contributed by atoms with Crippen LogP contribution in [0.25, 0.3) is 5.65 Å². The quantitative estimate of drug-likeness (QED) is 0.723. The molecule has 4 rings (SSSR count). The molecule has 1 aliphatic rings. The van der Waals surface area contributed by atoms with Gasteiger partial charge in [-0.2, -0.15) is 0 Å². The predicted molar refractivity (Wildman–Crippen MR) is 98.7 cm³/mol. The number of pyridine rings is 1. The summed E-state index contributed by atoms with van der Waals surface area (Å²) in [5.41, 5.74) is 1.44. The number of rotatable bonds is 3. The first kappa shape index (κ1) is 16.4. The van der Waals surface area contributed by atoms with E-state index in [1.165, 1.54) is 0 Å². The fourth-order valence-electron chi connectivity index (χ4n) is 3.36. The number of ether oxygens (including phenoxy) is 1. The first-order valence-electron chi connectivity index (χ1n) is 8.75. The molecule has 3 aromatic rings. The summed E-state index contributed by atoms with van der Waals surface area (Å²) in [5, 5.41) is 8.55. The van der Waals surface area contributed by atoms with Crippen LogP contribution in [0.3, 0.4) is 0 Å². The van der Waals surface area contributed by atoms with Crippen molar-refractivity contribution in [2.24, 2.45) is 0 Å². The summed E-state index contributed by atoms with van der Waals surface area (Å²) in [7, 11) is 1.59. The minimum atomic E-state index is 0.00963. The molecule has 1 fully saturated rings. The van der Waals surface area contributed by atoms with Crippen molar-refractivity contribution in [2.45, 2.75) is 6.42 Å². The van der Waals surface area contributed by atoms with Crippen LogP contribution in [0.1, 0.15) is 16.8 Å². The maximum atomic E-state index is 12.9. The molecule has 1 aliphatic heterocycles. The lowest BCUT2D eigenvalue weighted by Crippen LogP contribution is -2.35. The number of carbonyl (C=O) groups is 1. The van der Waals surface area contributed by atoms with E-state index in [1.807, 2.05) is 58.0 Å². The van der Waals surface area contributed by atoms with Gasteiger partial charge in [0.25, 0.3) is 5.91 Å². The van der Waals surface area contributed by atoms with Gasteiger partial charge in [-0.15, -0.1) is 10.2 Å². The molecule has 0 bridgehead atoms. The Hall–Kier alpha value is -3.09. The van der Waals surface area contributed by atoms with Gasteiger partial charge in [-0.25, -0.2) is 0 Å². The maximum absolute atomic E-state index is 12.9. The van der Waals surface area contributed by atoms with Gasteiger partial charge in [0.05, 0.1) is 12.7 Å². The van der Waals surface area contributed by atoms with Gasteiger partial charge in [0, 0.05) is 32.4 Å². The summed E-state index contributed by atoms with van der Waals surface area (Å²) >= 11 is 0. The number of amides is 1. The molecule has 0 saturated carbocycles. The van der Waals surface area contributed by atoms with Gasteiger partial charge >= 0.3 is 0 Å². The summed E-state index contributed by atoms with van der Waals surface area (Å²) in [6, 6.07) is 13.2. The largest absolute Gasteiger partial charge is 0.496 e. The van der Waals surface area contributed by atoms with Crippen molar-refractivity contribution in [2.75, 3.05) is 38.2 Å². The van der Waals surface area contributed by atoms with E-state index in [4.69, 9.17) is 4.74 Å². The Morgan fingerprint density at radius 2 is 1.85 bits per heavy atom. The number of carbonyl (C=O) groups excluding carboxylic acids is 1. The highest BCUT2D eigenvalue weighted by atomic mass is 16.5. The second-order valence-corrected chi connectivity index (χ2v) is 6.26. The monoisotopic (exact) mass is 351 g/mol. The number of para-hydroxylation sites is 1. The van der Waals surface area contributed by atoms with E-state index in [1.54, 1.807) is 7.11 Å². The van der Waals surface area contributed by atoms with Crippen LogP contribution in [0.5, 0.6) is 5.75 Å². The smallest absolute Gasteiger partial charge is 0.257 e. The van der Waals surface area contributed by atoms with Crippen LogP contribution in [0.15, 0.2) is 48.7 Å². The second-order valence-electron chi connectivity index (χ2n) is 6.26. The Balaban J connectivity index is 1.52. The van der Waals surface area contributed by atoms with Gasteiger partial charge in [-0.05, 0) is 30.7 Å². The van der Waals surface area contributed by atoms with Crippen molar-refractivity contribution in [3.8, 4) is 5.75 Å². The van der Waals surface area contributed by atoms with Gasteiger partial charge in [-0.3, -0.25) is 9.20 Å². The Morgan fingerprint density at radius 1 is 1.00 bits per heavy atom. The van der Waals surface area contributed by atoms with Crippen LogP contribution < -0.4 is 9.64 Å². The highest BCUT2D eigenvalue weighted by Gasteiger charge is 2.24. The molecule has 1 saturated heterocycles. The van der Waals surface area contributed by atoms with Gasteiger partial charge < -0.3 is 14.5 Å². The van der Waals surface area contributed by atoms with Crippen molar-refractivity contribution in [1.82, 2.24) is 19.5 Å². The highest BCUT2D eigenvalue weighted by Crippen LogP contribution is 2.21. The molecule has 0 spiro atoms. The van der Waals surface area contributed by atoms with E-state index in [9.17, 15) is 4.79 Å². The highest BCUT2D eigenvalue weighted by molar-refractivity contribution is 5.97. The number of fused-ring (bicyclic) bond motifs is 1. The lowest BCUT2D eigenvalue weighted by Gasteiger charge is -2.22. The van der Waals surface area contributed by atoms with Crippen molar-refractivity contribution >= 4 is 17.5 Å². The fraction of sp³-hybridized carbons (Fsp3) is 0.316. The van der Waals surface area contributed by atoms with Crippen LogP contribution in [-0.2, 0) is 0 Å². The second kappa shape index (κ2) is 7.03. The SMILES string of the molecule is COc1ccccc1C(=O)N1CCCN(c2nnc3ccccn23)CC1. The van der Waals surface area contributed by atoms with Crippen LogP contribution in [0.2, 0.25) is 0 Å². The number of hydrogen-bond acceptors (Lipinski definition) is 5. The number of anilines is 1. The van der Waals surface area contributed by atoms with Gasteiger partial charge in [0.15, 0.2) is 5.65 Å². The van der Waals surface area contributed by atoms with Crippen LogP contribution in [-0.4, -0.2) is 58.7 Å². The maximum Gasteiger partial charge on any atom is 0.257 e. The average molecular weight is 351 g/mol. The average Bonchev–Trinajstić information content (AvgIpc) is 2.97. The number of aromatic nitrogens is 3. The van der Waals surface area contributed by atoms with Crippen molar-refractivity contribution in [1.29, 1.82) is 0 Å². The Kier molecular flexibility index (Phi) is 4.43. The molecule has 0 atom stereocenters. The molecule has 3 heterocycles. The molecular weight excluding hydrogens is 330 g/mol. The molecule has 1 aromatic carbocycles. The lowest BCUT2D eigenvalue weighted by molar-refractivity contribution is 0.0763. The van der Waals surface area contributed by atoms with Crippen LogP contribution >= 0.6 is 0 Å². The van der Waals surface area contributed by atoms with E-state index >= 15 is 0 Å². The molecule has 1 amide bonds. The first-order chi connectivity index (χ1) is 12.8. The van der Waals surface area contributed by atoms with Crippen LogP contribution in [0.4, 0.5) is 5.95 Å². The van der Waals surface area contributed by atoms with Gasteiger partial charge in [-0.1, -0.05) is 18.2 Å². The number of methoxy groups -OCH3 is 1. The zero-order valence-corrected chi connectivity index (χ0v) is 14.7. The normalized spacial score (nSPS) is 15.1. The molecule has 2 aromatic heterocycles. The summed E-state index contributed by atoms with van der Waals surface area (Å²) < 4.78 is 7.32. The topological polar surface area (TPSA) is 63.0 Å². The van der Waals surface area contributed by atoms with Gasteiger partial charge in [0.2, 0.25) is 5.95 Å². The van der Waals surface area contributed by atoms with Gasteiger partial charge in [0.1, 0.15) is 5.75 Å². The number of hydrogen-bond donors (Lipinski definition) is 0. The van der Waals surface area contributed by atoms with Crippen molar-refractivity contribution < 1.29 is 9.53 Å². The first-order valence-corrected chi connectivity index (χ1v) is 8.75. The zero-order chi connectivity index (χ0) is 17.9. The van der Waals surface area contributed by atoms with E-state index in [0.717, 1.165) is 31.1 Å². The summed E-state index contributed by atoms with van der Waals surface area (Å²) in [4.78, 5) is 17.0. The summed E-state index contributed by atoms with van der Waals surface area (Å²) in [5.74, 6) is 1.45. The molecule has 0 radical (unpaired) electrons. The molecule has 0 unspecified atom stereocenters. The molecule has 134 valence electrons. The van der Waals surface area contributed by atoms with Crippen molar-refractivity contribution in [3.05, 3.63) is 54.2 Å². The third-order valence-corrected chi connectivity index (χ3v) is 4.70. The molecular formula is C19H21N5O2. The molecule has 0 N–H and O–H groups in total. The molecule has 26 heavy (non-hydrogen) atoms. The standard InChI is InChI=1S/C19H21N5O2/c1-26-16-8-3-2-7-15(16)18(25)22-10-6-11-23(14-13-22)19-21-20-17-9-4-5-12-24(17)19/h2-5,7-9,12H,6,10-11,13-14H2,1H3. The minimum Gasteiger partial charge on any atom is -0.496 e.